The highest BCUT2D eigenvalue weighted by molar-refractivity contribution is 7.85. The molecule has 37 heavy (non-hydrogen) atoms. The Labute approximate surface area is 224 Å². The summed E-state index contributed by atoms with van der Waals surface area (Å²) >= 11 is 0. The fraction of sp³-hybridized carbons (Fsp3) is 0.966. The third-order valence-electron chi connectivity index (χ3n) is 11.8. The van der Waals surface area contributed by atoms with Gasteiger partial charge in [0.1, 0.15) is 0 Å². The molecule has 0 aliphatic heterocycles. The number of aliphatic hydroxyl groups excluding tert-OH is 2. The SMILES string of the molecule is CC[C@H]1[C@@H](O)[C@@H]2[C@H](CC[C@]3(C)[C@@H]([C@H](C)CCC(=O)N[C@@H](C)CS(=O)(=O)O)CC[C@@H]23)[C@@]2(C)CC[C@@H](O)C[C@@H]12. The number of rotatable bonds is 8. The average molecular weight is 542 g/mol. The Balaban J connectivity index is 1.44. The number of amides is 1. The molecule has 4 saturated carbocycles. The zero-order chi connectivity index (χ0) is 27.3. The lowest BCUT2D eigenvalue weighted by Crippen LogP contribution is -2.62. The third kappa shape index (κ3) is 5.51. The lowest BCUT2D eigenvalue weighted by atomic mass is 9.41. The summed E-state index contributed by atoms with van der Waals surface area (Å²) in [7, 11) is -4.12. The molecule has 0 aromatic carbocycles. The summed E-state index contributed by atoms with van der Waals surface area (Å²) in [4.78, 5) is 12.5. The van der Waals surface area contributed by atoms with Gasteiger partial charge in [-0.15, -0.1) is 0 Å². The van der Waals surface area contributed by atoms with Crippen molar-refractivity contribution in [1.29, 1.82) is 0 Å². The molecule has 7 nitrogen and oxygen atoms in total. The smallest absolute Gasteiger partial charge is 0.266 e. The Bertz CT molecular complexity index is 941. The largest absolute Gasteiger partial charge is 0.393 e. The van der Waals surface area contributed by atoms with E-state index in [0.717, 1.165) is 51.4 Å². The van der Waals surface area contributed by atoms with Crippen molar-refractivity contribution in [3.8, 4) is 0 Å². The van der Waals surface area contributed by atoms with Crippen molar-refractivity contribution in [2.75, 3.05) is 5.75 Å². The van der Waals surface area contributed by atoms with Crippen molar-refractivity contribution in [3.63, 3.8) is 0 Å². The van der Waals surface area contributed by atoms with E-state index < -0.39 is 21.9 Å². The number of hydrogen-bond donors (Lipinski definition) is 4. The minimum Gasteiger partial charge on any atom is -0.393 e. The van der Waals surface area contributed by atoms with Crippen molar-refractivity contribution in [3.05, 3.63) is 0 Å². The van der Waals surface area contributed by atoms with Gasteiger partial charge in [-0.1, -0.05) is 34.1 Å². The van der Waals surface area contributed by atoms with E-state index in [1.807, 2.05) is 0 Å². The summed E-state index contributed by atoms with van der Waals surface area (Å²) in [6.45, 7) is 11.0. The van der Waals surface area contributed by atoms with Crippen LogP contribution in [-0.2, 0) is 14.9 Å². The zero-order valence-corrected chi connectivity index (χ0v) is 24.3. The summed E-state index contributed by atoms with van der Waals surface area (Å²) in [5.41, 5.74) is 0.359. The molecule has 4 aliphatic carbocycles. The van der Waals surface area contributed by atoms with Gasteiger partial charge in [0.05, 0.1) is 18.0 Å². The summed E-state index contributed by atoms with van der Waals surface area (Å²) in [5.74, 6) is 2.23. The second-order valence-electron chi connectivity index (χ2n) is 13.9. The van der Waals surface area contributed by atoms with Gasteiger partial charge in [0, 0.05) is 12.5 Å². The van der Waals surface area contributed by atoms with Gasteiger partial charge in [-0.2, -0.15) is 8.42 Å². The highest BCUT2D eigenvalue weighted by atomic mass is 32.2. The van der Waals surface area contributed by atoms with Gasteiger partial charge in [0.15, 0.2) is 0 Å². The number of carbonyl (C=O) groups is 1. The van der Waals surface area contributed by atoms with Crippen molar-refractivity contribution in [2.45, 2.75) is 117 Å². The highest BCUT2D eigenvalue weighted by Gasteiger charge is 2.64. The van der Waals surface area contributed by atoms with Crippen LogP contribution in [0.4, 0.5) is 0 Å². The summed E-state index contributed by atoms with van der Waals surface area (Å²) in [6.07, 6.45) is 8.91. The lowest BCUT2D eigenvalue weighted by molar-refractivity contribution is -0.203. The predicted octanol–water partition coefficient (Wildman–Crippen LogP) is 4.42. The van der Waals surface area contributed by atoms with Crippen LogP contribution in [0.15, 0.2) is 0 Å². The fourth-order valence-corrected chi connectivity index (χ4v) is 10.9. The number of carbonyl (C=O) groups excluding carboxylic acids is 1. The molecule has 4 fully saturated rings. The van der Waals surface area contributed by atoms with Crippen molar-refractivity contribution in [1.82, 2.24) is 5.32 Å². The van der Waals surface area contributed by atoms with Gasteiger partial charge >= 0.3 is 0 Å². The molecular formula is C29H51NO6S. The van der Waals surface area contributed by atoms with Crippen LogP contribution in [-0.4, -0.2) is 53.1 Å². The average Bonchev–Trinajstić information content (AvgIpc) is 3.15. The summed E-state index contributed by atoms with van der Waals surface area (Å²) in [6, 6.07) is -0.619. The molecule has 4 aliphatic rings. The van der Waals surface area contributed by atoms with Gasteiger partial charge in [0.25, 0.3) is 10.1 Å². The van der Waals surface area contributed by atoms with Gasteiger partial charge in [-0.05, 0) is 111 Å². The second-order valence-corrected chi connectivity index (χ2v) is 15.4. The number of aliphatic hydroxyl groups is 2. The first-order chi connectivity index (χ1) is 17.2. The number of hydrogen-bond acceptors (Lipinski definition) is 5. The zero-order valence-electron chi connectivity index (χ0n) is 23.5. The molecule has 0 aromatic rings. The van der Waals surface area contributed by atoms with Crippen molar-refractivity contribution < 1.29 is 28.0 Å². The molecule has 12 atom stereocenters. The highest BCUT2D eigenvalue weighted by Crippen LogP contribution is 2.69. The van der Waals surface area contributed by atoms with E-state index in [2.05, 4.69) is 33.0 Å². The molecule has 0 heterocycles. The molecule has 4 N–H and O–H groups in total. The van der Waals surface area contributed by atoms with E-state index in [1.54, 1.807) is 6.92 Å². The first-order valence-corrected chi connectivity index (χ1v) is 16.4. The molecule has 214 valence electrons. The van der Waals surface area contributed by atoms with E-state index in [4.69, 9.17) is 4.55 Å². The Hall–Kier alpha value is -0.700. The molecule has 8 heteroatoms. The maximum Gasteiger partial charge on any atom is 0.266 e. The predicted molar refractivity (Wildman–Crippen MR) is 144 cm³/mol. The van der Waals surface area contributed by atoms with E-state index >= 15 is 0 Å². The molecule has 0 spiro atoms. The minimum absolute atomic E-state index is 0.159. The van der Waals surface area contributed by atoms with Crippen molar-refractivity contribution in [2.24, 2.45) is 52.3 Å². The standard InChI is InChI=1S/C29H51NO6S/c1-6-20-24-15-19(31)11-13-29(24,5)23-12-14-28(4)21(8-9-22(28)26(23)27(20)33)17(2)7-10-25(32)30-18(3)16-37(34,35)36/h17-24,26-27,31,33H,6-16H2,1-5H3,(H,30,32)(H,34,35,36)/t17-,18+,19-,20-,21-,22+,23+,24+,26+,27-,28-,29-/m1/s1. The molecule has 0 saturated heterocycles. The van der Waals surface area contributed by atoms with Crippen LogP contribution in [0.3, 0.4) is 0 Å². The lowest BCUT2D eigenvalue weighted by Gasteiger charge is -2.64. The first-order valence-electron chi connectivity index (χ1n) is 14.8. The Morgan fingerprint density at radius 1 is 1.00 bits per heavy atom. The molecule has 1 amide bonds. The molecule has 0 radical (unpaired) electrons. The van der Waals surface area contributed by atoms with Crippen LogP contribution >= 0.6 is 0 Å². The Morgan fingerprint density at radius 2 is 1.65 bits per heavy atom. The number of fused-ring (bicyclic) bond motifs is 5. The summed E-state index contributed by atoms with van der Waals surface area (Å²) in [5, 5.41) is 25.0. The van der Waals surface area contributed by atoms with E-state index in [9.17, 15) is 23.4 Å². The van der Waals surface area contributed by atoms with Crippen LogP contribution < -0.4 is 5.32 Å². The maximum atomic E-state index is 12.5. The number of nitrogens with one attached hydrogen (secondary N) is 1. The molecule has 4 rings (SSSR count). The Kier molecular flexibility index (Phi) is 8.47. The molecule has 0 bridgehead atoms. The monoisotopic (exact) mass is 541 g/mol. The molecule has 0 unspecified atom stereocenters. The van der Waals surface area contributed by atoms with Gasteiger partial charge in [-0.3, -0.25) is 9.35 Å². The van der Waals surface area contributed by atoms with Crippen LogP contribution in [0.5, 0.6) is 0 Å². The van der Waals surface area contributed by atoms with Crippen LogP contribution in [0.25, 0.3) is 0 Å². The van der Waals surface area contributed by atoms with E-state index in [-0.39, 0.29) is 34.9 Å². The Morgan fingerprint density at radius 3 is 2.30 bits per heavy atom. The van der Waals surface area contributed by atoms with Crippen LogP contribution in [0, 0.1) is 52.3 Å². The normalized spacial score (nSPS) is 45.3. The first kappa shape index (κ1) is 29.3. The van der Waals surface area contributed by atoms with Gasteiger partial charge in [0.2, 0.25) is 5.91 Å². The van der Waals surface area contributed by atoms with E-state index in [0.29, 0.717) is 41.9 Å². The van der Waals surface area contributed by atoms with E-state index in [1.165, 1.54) is 6.42 Å². The summed E-state index contributed by atoms with van der Waals surface area (Å²) < 4.78 is 31.2. The topological polar surface area (TPSA) is 124 Å². The maximum absolute atomic E-state index is 12.5. The third-order valence-corrected chi connectivity index (χ3v) is 12.8. The molecule has 0 aromatic heterocycles. The van der Waals surface area contributed by atoms with Crippen LogP contribution in [0.1, 0.15) is 98.8 Å². The van der Waals surface area contributed by atoms with Crippen LogP contribution in [0.2, 0.25) is 0 Å². The van der Waals surface area contributed by atoms with Gasteiger partial charge in [-0.25, -0.2) is 0 Å². The van der Waals surface area contributed by atoms with Gasteiger partial charge < -0.3 is 15.5 Å². The quantitative estimate of drug-likeness (QED) is 0.337. The fourth-order valence-electron chi connectivity index (χ4n) is 10.2. The molecular weight excluding hydrogens is 490 g/mol. The second kappa shape index (κ2) is 10.7. The minimum atomic E-state index is -4.12. The van der Waals surface area contributed by atoms with Crippen molar-refractivity contribution >= 4 is 16.0 Å².